The molecule has 2 aliphatic carbocycles. The molecule has 0 aliphatic heterocycles. The molecule has 10 rings (SSSR count). The predicted octanol–water partition coefficient (Wildman–Crippen LogP) is 14.5. The van der Waals surface area contributed by atoms with Gasteiger partial charge in [-0.25, -0.2) is 0 Å². The standard InChI is InChI=1S/C52H49NO/c1-30-27-53-40(36-21-15-20-35-39-24-33-23-22-31-16-13-14-19-34(31)38(33)26-41(39)54-48(35)36)25-37(30)43-46-44(49(2,3)28-51(46,6)7)42(32-17-11-10-12-18-32)45-47(43)52(8,9)29-50(45,4)5/h10-27H,28-29H2,1-9H3/i1D3. The van der Waals surface area contributed by atoms with Gasteiger partial charge in [0.1, 0.15) is 11.2 Å². The van der Waals surface area contributed by atoms with Gasteiger partial charge in [0.2, 0.25) is 0 Å². The summed E-state index contributed by atoms with van der Waals surface area (Å²) in [5.74, 6) is 0. The summed E-state index contributed by atoms with van der Waals surface area (Å²) in [5.41, 5.74) is 12.4. The number of furan rings is 1. The Kier molecular flexibility index (Phi) is 6.11. The first-order chi connectivity index (χ1) is 26.9. The topological polar surface area (TPSA) is 26.0 Å². The minimum absolute atomic E-state index is 0.151. The van der Waals surface area contributed by atoms with E-state index in [1.54, 1.807) is 6.20 Å². The van der Waals surface area contributed by atoms with Crippen molar-refractivity contribution in [3.05, 3.63) is 137 Å². The normalized spacial score (nSPS) is 18.9. The molecule has 0 radical (unpaired) electrons. The number of hydrogen-bond donors (Lipinski definition) is 0. The molecule has 0 spiro atoms. The maximum atomic E-state index is 8.97. The summed E-state index contributed by atoms with van der Waals surface area (Å²) in [6, 6.07) is 36.5. The summed E-state index contributed by atoms with van der Waals surface area (Å²) >= 11 is 0. The van der Waals surface area contributed by atoms with Gasteiger partial charge < -0.3 is 4.42 Å². The van der Waals surface area contributed by atoms with Gasteiger partial charge in [0.05, 0.1) is 5.69 Å². The van der Waals surface area contributed by atoms with Crippen molar-refractivity contribution in [1.29, 1.82) is 0 Å². The van der Waals surface area contributed by atoms with E-state index >= 15 is 0 Å². The number of rotatable bonds is 3. The molecule has 2 heterocycles. The number of pyridine rings is 1. The van der Waals surface area contributed by atoms with Crippen LogP contribution in [0.1, 0.15) is 100 Å². The highest BCUT2D eigenvalue weighted by atomic mass is 16.3. The van der Waals surface area contributed by atoms with Crippen molar-refractivity contribution >= 4 is 43.5 Å². The monoisotopic (exact) mass is 706 g/mol. The fraction of sp³-hybridized carbons (Fsp3) is 0.288. The van der Waals surface area contributed by atoms with E-state index in [4.69, 9.17) is 13.5 Å². The summed E-state index contributed by atoms with van der Waals surface area (Å²) < 4.78 is 33.7. The fourth-order valence-electron chi connectivity index (χ4n) is 11.5. The SMILES string of the molecule is [2H]C([2H])([2H])c1cnc(-c2cccc3c2oc2cc4c(ccc5ccccc54)cc23)cc1-c1c2c(c(-c3ccccc3)c3c1C(C)(C)CC3(C)C)C(C)(C)CC2(C)C. The van der Waals surface area contributed by atoms with Crippen LogP contribution in [-0.4, -0.2) is 4.98 Å². The molecule has 0 bridgehead atoms. The molecule has 2 heteroatoms. The average Bonchev–Trinajstić information content (AvgIpc) is 3.69. The molecule has 0 atom stereocenters. The first-order valence-corrected chi connectivity index (χ1v) is 19.5. The third-order valence-corrected chi connectivity index (χ3v) is 12.8. The molecule has 6 aromatic carbocycles. The summed E-state index contributed by atoms with van der Waals surface area (Å²) in [7, 11) is 0. The van der Waals surface area contributed by atoms with Gasteiger partial charge in [0.25, 0.3) is 0 Å². The van der Waals surface area contributed by atoms with Gasteiger partial charge in [-0.3, -0.25) is 4.98 Å². The molecule has 2 aromatic heterocycles. The Balaban J connectivity index is 1.31. The molecule has 0 saturated carbocycles. The molecule has 54 heavy (non-hydrogen) atoms. The second kappa shape index (κ2) is 10.9. The molecule has 8 aromatic rings. The molecular formula is C52H49NO. The van der Waals surface area contributed by atoms with Crippen LogP contribution < -0.4 is 0 Å². The van der Waals surface area contributed by atoms with E-state index in [9.17, 15) is 0 Å². The second-order valence-corrected chi connectivity index (χ2v) is 18.8. The van der Waals surface area contributed by atoms with Gasteiger partial charge in [0, 0.05) is 26.6 Å². The van der Waals surface area contributed by atoms with E-state index in [1.807, 2.05) is 0 Å². The van der Waals surface area contributed by atoms with Crippen molar-refractivity contribution in [2.24, 2.45) is 0 Å². The number of fused-ring (bicyclic) bond motifs is 8. The Labute approximate surface area is 323 Å². The van der Waals surface area contributed by atoms with Gasteiger partial charge in [-0.2, -0.15) is 0 Å². The van der Waals surface area contributed by atoms with E-state index in [2.05, 4.69) is 159 Å². The number of hydrogen-bond acceptors (Lipinski definition) is 2. The van der Waals surface area contributed by atoms with Crippen molar-refractivity contribution < 1.29 is 8.53 Å². The zero-order valence-corrected chi connectivity index (χ0v) is 32.7. The van der Waals surface area contributed by atoms with E-state index in [0.717, 1.165) is 62.2 Å². The number of nitrogens with zero attached hydrogens (tertiary/aromatic N) is 1. The minimum atomic E-state index is -2.39. The van der Waals surface area contributed by atoms with Gasteiger partial charge in [-0.1, -0.05) is 134 Å². The molecule has 0 saturated heterocycles. The third kappa shape index (κ3) is 4.62. The van der Waals surface area contributed by atoms with Gasteiger partial charge in [-0.15, -0.1) is 0 Å². The number of aryl methyl sites for hydroxylation is 1. The van der Waals surface area contributed by atoms with Crippen LogP contribution >= 0.6 is 0 Å². The van der Waals surface area contributed by atoms with Crippen molar-refractivity contribution in [3.8, 4) is 33.5 Å². The van der Waals surface area contributed by atoms with Gasteiger partial charge in [0.15, 0.2) is 0 Å². The predicted molar refractivity (Wildman–Crippen MR) is 229 cm³/mol. The lowest BCUT2D eigenvalue weighted by atomic mass is 9.70. The highest BCUT2D eigenvalue weighted by Crippen LogP contribution is 2.64. The van der Waals surface area contributed by atoms with Crippen LogP contribution in [0.25, 0.3) is 77.0 Å². The largest absolute Gasteiger partial charge is 0.455 e. The first kappa shape index (κ1) is 30.2. The fourth-order valence-corrected chi connectivity index (χ4v) is 11.5. The maximum Gasteiger partial charge on any atom is 0.144 e. The molecule has 0 amide bonds. The highest BCUT2D eigenvalue weighted by Gasteiger charge is 2.53. The zero-order chi connectivity index (χ0) is 40.0. The molecule has 0 N–H and O–H groups in total. The minimum Gasteiger partial charge on any atom is -0.455 e. The van der Waals surface area contributed by atoms with Crippen LogP contribution in [0.4, 0.5) is 0 Å². The Morgan fingerprint density at radius 2 is 1.15 bits per heavy atom. The Morgan fingerprint density at radius 3 is 1.83 bits per heavy atom. The summed E-state index contributed by atoms with van der Waals surface area (Å²) in [4.78, 5) is 4.98. The Morgan fingerprint density at radius 1 is 0.537 bits per heavy atom. The van der Waals surface area contributed by atoms with Crippen molar-refractivity contribution in [1.82, 2.24) is 4.98 Å². The van der Waals surface area contributed by atoms with Crippen molar-refractivity contribution in [3.63, 3.8) is 0 Å². The van der Waals surface area contributed by atoms with Crippen LogP contribution in [-0.2, 0) is 21.7 Å². The lowest BCUT2D eigenvalue weighted by Crippen LogP contribution is -2.20. The number of para-hydroxylation sites is 1. The molecule has 2 nitrogen and oxygen atoms in total. The van der Waals surface area contributed by atoms with Crippen LogP contribution in [0.2, 0.25) is 0 Å². The average molecular weight is 707 g/mol. The van der Waals surface area contributed by atoms with E-state index < -0.39 is 6.85 Å². The molecule has 0 unspecified atom stereocenters. The quantitative estimate of drug-likeness (QED) is 0.171. The summed E-state index contributed by atoms with van der Waals surface area (Å²) in [6.07, 6.45) is 3.54. The smallest absolute Gasteiger partial charge is 0.144 e. The zero-order valence-electron chi connectivity index (χ0n) is 35.7. The van der Waals surface area contributed by atoms with E-state index in [1.165, 1.54) is 44.2 Å². The number of benzene rings is 6. The van der Waals surface area contributed by atoms with Crippen LogP contribution in [0.15, 0.2) is 114 Å². The second-order valence-electron chi connectivity index (χ2n) is 18.8. The molecule has 2 aliphatic rings. The van der Waals surface area contributed by atoms with Gasteiger partial charge >= 0.3 is 0 Å². The third-order valence-electron chi connectivity index (χ3n) is 12.8. The van der Waals surface area contributed by atoms with E-state index in [0.29, 0.717) is 11.3 Å². The van der Waals surface area contributed by atoms with E-state index in [-0.39, 0.29) is 21.7 Å². The lowest BCUT2D eigenvalue weighted by Gasteiger charge is -2.33. The van der Waals surface area contributed by atoms with Crippen LogP contribution in [0.5, 0.6) is 0 Å². The first-order valence-electron chi connectivity index (χ1n) is 21.0. The summed E-state index contributed by atoms with van der Waals surface area (Å²) in [5, 5.41) is 6.77. The van der Waals surface area contributed by atoms with Crippen LogP contribution in [0.3, 0.4) is 0 Å². The Bertz CT molecular complexity index is 2940. The molecule has 268 valence electrons. The molecular weight excluding hydrogens is 655 g/mol. The summed E-state index contributed by atoms with van der Waals surface area (Å²) in [6.45, 7) is 16.6. The molecule has 0 fully saturated rings. The van der Waals surface area contributed by atoms with Crippen molar-refractivity contribution in [2.75, 3.05) is 0 Å². The number of aromatic nitrogens is 1. The van der Waals surface area contributed by atoms with Gasteiger partial charge in [-0.05, 0) is 137 Å². The lowest BCUT2D eigenvalue weighted by molar-refractivity contribution is 0.396. The van der Waals surface area contributed by atoms with Crippen molar-refractivity contribution in [2.45, 2.75) is 96.7 Å². The Hall–Kier alpha value is -5.21. The highest BCUT2D eigenvalue weighted by molar-refractivity contribution is 6.17. The van der Waals surface area contributed by atoms with Crippen LogP contribution in [0, 0.1) is 6.85 Å². The maximum absolute atomic E-state index is 8.97.